The summed E-state index contributed by atoms with van der Waals surface area (Å²) in [5, 5.41) is 16.0. The van der Waals surface area contributed by atoms with Gasteiger partial charge in [-0.3, -0.25) is 4.79 Å². The highest BCUT2D eigenvalue weighted by atomic mass is 16.3. The van der Waals surface area contributed by atoms with Gasteiger partial charge in [0.25, 0.3) is 0 Å². The summed E-state index contributed by atoms with van der Waals surface area (Å²) in [5.41, 5.74) is 0.748. The van der Waals surface area contributed by atoms with E-state index < -0.39 is 0 Å². The number of carbonyl (C=O) groups excluding carboxylic acids is 1. The molecule has 2 N–H and O–H groups in total. The van der Waals surface area contributed by atoms with E-state index in [-0.39, 0.29) is 18.0 Å². The van der Waals surface area contributed by atoms with Crippen molar-refractivity contribution in [3.05, 3.63) is 29.8 Å². The fourth-order valence-corrected chi connectivity index (χ4v) is 1.05. The summed E-state index contributed by atoms with van der Waals surface area (Å²) in [6.07, 6.45) is 1.57. The number of rotatable bonds is 4. The highest BCUT2D eigenvalue weighted by molar-refractivity contribution is 6.26. The third-order valence-electron chi connectivity index (χ3n) is 1.79. The molecular weight excluding hydrogens is 166 g/mol. The van der Waals surface area contributed by atoms with E-state index in [1.165, 1.54) is 0 Å². The Hall–Kier alpha value is -1.64. The van der Waals surface area contributed by atoms with Crippen molar-refractivity contribution in [2.24, 2.45) is 0 Å². The Morgan fingerprint density at radius 2 is 2.15 bits per heavy atom. The largest absolute Gasteiger partial charge is 0.508 e. The van der Waals surface area contributed by atoms with Crippen LogP contribution in [0.5, 0.6) is 5.75 Å². The lowest BCUT2D eigenvalue weighted by Gasteiger charge is -2.01. The Morgan fingerprint density at radius 1 is 1.46 bits per heavy atom. The lowest BCUT2D eigenvalue weighted by atomic mass is 10.1. The number of hydrogen-bond donors (Lipinski definition) is 2. The predicted octanol–water partition coefficient (Wildman–Crippen LogP) is 1.54. The number of phenols is 1. The lowest BCUT2D eigenvalue weighted by molar-refractivity contribution is -0.112. The van der Waals surface area contributed by atoms with Gasteiger partial charge in [-0.25, -0.2) is 0 Å². The number of benzene rings is 1. The molecule has 0 aliphatic rings. The molecule has 13 heavy (non-hydrogen) atoms. The Kier molecular flexibility index (Phi) is 3.20. The van der Waals surface area contributed by atoms with E-state index in [4.69, 9.17) is 5.41 Å². The van der Waals surface area contributed by atoms with Crippen LogP contribution in [0.4, 0.5) is 0 Å². The second-order valence-electron chi connectivity index (χ2n) is 2.74. The van der Waals surface area contributed by atoms with Crippen LogP contribution < -0.4 is 0 Å². The summed E-state index contributed by atoms with van der Waals surface area (Å²) < 4.78 is 0. The van der Waals surface area contributed by atoms with Gasteiger partial charge in [0.05, 0.1) is 6.21 Å². The molecule has 0 aliphatic carbocycles. The molecule has 0 saturated carbocycles. The van der Waals surface area contributed by atoms with E-state index in [0.29, 0.717) is 6.42 Å². The fourth-order valence-electron chi connectivity index (χ4n) is 1.05. The second kappa shape index (κ2) is 4.40. The molecule has 0 saturated heterocycles. The van der Waals surface area contributed by atoms with Gasteiger partial charge in [0.15, 0.2) is 5.78 Å². The van der Waals surface area contributed by atoms with Gasteiger partial charge in [-0.05, 0) is 18.1 Å². The normalized spacial score (nSPS) is 9.54. The third kappa shape index (κ3) is 2.71. The van der Waals surface area contributed by atoms with Crippen molar-refractivity contribution in [1.82, 2.24) is 0 Å². The fraction of sp³-hybridized carbons (Fsp3) is 0.200. The maximum atomic E-state index is 10.8. The van der Waals surface area contributed by atoms with Crippen molar-refractivity contribution < 1.29 is 9.90 Å². The number of hydrogen-bond acceptors (Lipinski definition) is 3. The number of carbonyl (C=O) groups is 1. The summed E-state index contributed by atoms with van der Waals surface area (Å²) >= 11 is 0. The summed E-state index contributed by atoms with van der Waals surface area (Å²) in [6.45, 7) is 0. The van der Waals surface area contributed by atoms with Gasteiger partial charge >= 0.3 is 0 Å². The summed E-state index contributed by atoms with van der Waals surface area (Å²) in [4.78, 5) is 10.8. The number of aromatic hydroxyl groups is 1. The average Bonchev–Trinajstić information content (AvgIpc) is 2.16. The van der Waals surface area contributed by atoms with Crippen molar-refractivity contribution in [3.63, 3.8) is 0 Å². The van der Waals surface area contributed by atoms with Crippen LogP contribution in [0, 0.1) is 5.41 Å². The molecule has 0 heterocycles. The van der Waals surface area contributed by atoms with E-state index in [1.807, 2.05) is 6.07 Å². The summed E-state index contributed by atoms with van der Waals surface area (Å²) in [6, 6.07) is 6.90. The van der Waals surface area contributed by atoms with Crippen LogP contribution in [0.25, 0.3) is 0 Å². The number of Topliss-reactive ketones (excluding diaryl/α,β-unsaturated/α-hetero) is 1. The van der Waals surface area contributed by atoms with Crippen molar-refractivity contribution in [2.75, 3.05) is 0 Å². The monoisotopic (exact) mass is 177 g/mol. The molecule has 1 aromatic carbocycles. The smallest absolute Gasteiger partial charge is 0.173 e. The minimum atomic E-state index is -0.219. The minimum Gasteiger partial charge on any atom is -0.508 e. The van der Waals surface area contributed by atoms with E-state index in [0.717, 1.165) is 11.8 Å². The molecule has 0 atom stereocenters. The molecule has 0 spiro atoms. The Balaban J connectivity index is 2.59. The van der Waals surface area contributed by atoms with Crippen LogP contribution in [0.2, 0.25) is 0 Å². The lowest BCUT2D eigenvalue weighted by Crippen LogP contribution is -2.00. The van der Waals surface area contributed by atoms with Crippen molar-refractivity contribution in [3.8, 4) is 5.75 Å². The van der Waals surface area contributed by atoms with Gasteiger partial charge in [-0.2, -0.15) is 0 Å². The van der Waals surface area contributed by atoms with Gasteiger partial charge in [0, 0.05) is 6.42 Å². The first kappa shape index (κ1) is 9.45. The first-order chi connectivity index (χ1) is 6.24. The summed E-state index contributed by atoms with van der Waals surface area (Å²) in [5.74, 6) is -0.0106. The molecule has 0 aromatic heterocycles. The maximum absolute atomic E-state index is 10.8. The zero-order chi connectivity index (χ0) is 9.68. The van der Waals surface area contributed by atoms with Crippen molar-refractivity contribution >= 4 is 12.0 Å². The van der Waals surface area contributed by atoms with Gasteiger partial charge in [-0.1, -0.05) is 18.2 Å². The third-order valence-corrected chi connectivity index (χ3v) is 1.79. The molecule has 1 aromatic rings. The van der Waals surface area contributed by atoms with Crippen LogP contribution >= 0.6 is 0 Å². The predicted molar refractivity (Wildman–Crippen MR) is 50.2 cm³/mol. The minimum absolute atomic E-state index is 0.209. The number of nitrogens with one attached hydrogen (secondary N) is 1. The number of para-hydroxylation sites is 1. The molecule has 3 nitrogen and oxygen atoms in total. The van der Waals surface area contributed by atoms with Gasteiger partial charge in [0.1, 0.15) is 5.75 Å². The molecular formula is C10H11NO2. The first-order valence-electron chi connectivity index (χ1n) is 4.04. The standard InChI is InChI=1S/C10H11NO2/c11-7-9(12)6-5-8-3-1-2-4-10(8)13/h1-4,7,11,13H,5-6H2. The zero-order valence-electron chi connectivity index (χ0n) is 7.16. The van der Waals surface area contributed by atoms with Gasteiger partial charge in [-0.15, -0.1) is 0 Å². The van der Waals surface area contributed by atoms with Gasteiger partial charge in [0.2, 0.25) is 0 Å². The number of ketones is 1. The number of phenolic OH excluding ortho intramolecular Hbond substituents is 1. The molecule has 0 amide bonds. The van der Waals surface area contributed by atoms with Crippen LogP contribution in [0.15, 0.2) is 24.3 Å². The first-order valence-corrected chi connectivity index (χ1v) is 4.04. The van der Waals surface area contributed by atoms with Crippen LogP contribution in [-0.2, 0) is 11.2 Å². The van der Waals surface area contributed by atoms with Crippen molar-refractivity contribution in [1.29, 1.82) is 5.41 Å². The molecule has 0 unspecified atom stereocenters. The molecule has 0 bridgehead atoms. The Labute approximate surface area is 76.5 Å². The van der Waals surface area contributed by atoms with E-state index in [2.05, 4.69) is 0 Å². The van der Waals surface area contributed by atoms with Crippen molar-refractivity contribution in [2.45, 2.75) is 12.8 Å². The highest BCUT2D eigenvalue weighted by Gasteiger charge is 2.02. The molecule has 3 heteroatoms. The molecule has 68 valence electrons. The van der Waals surface area contributed by atoms with Crippen LogP contribution in [0.3, 0.4) is 0 Å². The quantitative estimate of drug-likeness (QED) is 0.685. The molecule has 0 aliphatic heterocycles. The molecule has 0 radical (unpaired) electrons. The molecule has 1 rings (SSSR count). The van der Waals surface area contributed by atoms with Crippen LogP contribution in [0.1, 0.15) is 12.0 Å². The number of aryl methyl sites for hydroxylation is 1. The summed E-state index contributed by atoms with van der Waals surface area (Å²) in [7, 11) is 0. The zero-order valence-corrected chi connectivity index (χ0v) is 7.16. The van der Waals surface area contributed by atoms with E-state index >= 15 is 0 Å². The topological polar surface area (TPSA) is 61.2 Å². The Morgan fingerprint density at radius 3 is 2.77 bits per heavy atom. The van der Waals surface area contributed by atoms with Crippen LogP contribution in [-0.4, -0.2) is 17.1 Å². The highest BCUT2D eigenvalue weighted by Crippen LogP contribution is 2.16. The maximum Gasteiger partial charge on any atom is 0.173 e. The van der Waals surface area contributed by atoms with Gasteiger partial charge < -0.3 is 10.5 Å². The van der Waals surface area contributed by atoms with E-state index in [1.54, 1.807) is 18.2 Å². The Bertz CT molecular complexity index is 320. The average molecular weight is 177 g/mol. The molecule has 0 fully saturated rings. The second-order valence-corrected chi connectivity index (χ2v) is 2.74. The van der Waals surface area contributed by atoms with E-state index in [9.17, 15) is 9.90 Å². The SMILES string of the molecule is N=CC(=O)CCc1ccccc1O.